The van der Waals surface area contributed by atoms with Gasteiger partial charge in [-0.1, -0.05) is 19.9 Å². The van der Waals surface area contributed by atoms with Crippen LogP contribution in [0.25, 0.3) is 0 Å². The molecule has 0 unspecified atom stereocenters. The molecule has 1 saturated heterocycles. The zero-order chi connectivity index (χ0) is 17.9. The Balaban J connectivity index is 1.96. The third kappa shape index (κ3) is 3.70. The number of nitrogens with one attached hydrogen (secondary N) is 1. The van der Waals surface area contributed by atoms with Crippen LogP contribution in [0.1, 0.15) is 37.8 Å². The summed E-state index contributed by atoms with van der Waals surface area (Å²) in [6, 6.07) is 5.35. The lowest BCUT2D eigenvalue weighted by molar-refractivity contribution is -0.132. The molecule has 0 radical (unpaired) electrons. The summed E-state index contributed by atoms with van der Waals surface area (Å²) in [5, 5.41) is 12.9. The fourth-order valence-electron chi connectivity index (χ4n) is 3.04. The van der Waals surface area contributed by atoms with Crippen LogP contribution in [0.4, 0.5) is 4.79 Å². The summed E-state index contributed by atoms with van der Waals surface area (Å²) in [6.45, 7) is 7.62. The molecule has 2 N–H and O–H groups in total. The van der Waals surface area contributed by atoms with Crippen LogP contribution in [0.15, 0.2) is 18.2 Å². The molecule has 1 atom stereocenters. The normalized spacial score (nSPS) is 17.8. The Kier molecular flexibility index (Phi) is 5.49. The zero-order valence-electron chi connectivity index (χ0n) is 14.8. The number of aliphatic hydroxyl groups excluding tert-OH is 1. The van der Waals surface area contributed by atoms with E-state index in [1.165, 1.54) is 0 Å². The summed E-state index contributed by atoms with van der Waals surface area (Å²) in [4.78, 5) is 25.6. The Bertz CT molecular complexity index is 605. The second-order valence-electron chi connectivity index (χ2n) is 6.42. The third-order valence-electron chi connectivity index (χ3n) is 4.48. The highest BCUT2D eigenvalue weighted by Gasteiger charge is 2.48. The van der Waals surface area contributed by atoms with Gasteiger partial charge in [0, 0.05) is 0 Å². The van der Waals surface area contributed by atoms with Gasteiger partial charge in [-0.3, -0.25) is 9.69 Å². The van der Waals surface area contributed by atoms with Gasteiger partial charge in [0.25, 0.3) is 5.91 Å². The molecule has 1 aromatic carbocycles. The minimum absolute atomic E-state index is 0.0191. The zero-order valence-corrected chi connectivity index (χ0v) is 14.8. The number of urea groups is 1. The number of carbonyl (C=O) groups is 2. The molecule has 6 heteroatoms. The fraction of sp³-hybridized carbons (Fsp3) is 0.556. The van der Waals surface area contributed by atoms with Gasteiger partial charge in [0.2, 0.25) is 0 Å². The van der Waals surface area contributed by atoms with Crippen LogP contribution in [-0.2, 0) is 4.79 Å². The average molecular weight is 334 g/mol. The first-order chi connectivity index (χ1) is 11.3. The maximum atomic E-state index is 12.5. The quantitative estimate of drug-likeness (QED) is 0.749. The highest BCUT2D eigenvalue weighted by molar-refractivity contribution is 6.07. The summed E-state index contributed by atoms with van der Waals surface area (Å²) in [6.07, 6.45) is 0.115. The number of benzene rings is 1. The van der Waals surface area contributed by atoms with E-state index in [2.05, 4.69) is 5.32 Å². The van der Waals surface area contributed by atoms with Crippen molar-refractivity contribution in [3.8, 4) is 5.75 Å². The van der Waals surface area contributed by atoms with Gasteiger partial charge in [-0.05, 0) is 49.9 Å². The molecule has 0 aromatic heterocycles. The van der Waals surface area contributed by atoms with E-state index in [-0.39, 0.29) is 19.1 Å². The number of aryl methyl sites for hydroxylation is 2. The van der Waals surface area contributed by atoms with E-state index < -0.39 is 17.7 Å². The van der Waals surface area contributed by atoms with E-state index in [1.54, 1.807) is 0 Å². The molecule has 6 nitrogen and oxygen atoms in total. The minimum Gasteiger partial charge on any atom is -0.491 e. The molecule has 1 heterocycles. The predicted molar refractivity (Wildman–Crippen MR) is 91.0 cm³/mol. The number of imide groups is 1. The maximum Gasteiger partial charge on any atom is 0.325 e. The number of rotatable bonds is 7. The Morgan fingerprint density at radius 3 is 2.25 bits per heavy atom. The summed E-state index contributed by atoms with van der Waals surface area (Å²) in [5.74, 6) is 0.392. The van der Waals surface area contributed by atoms with Gasteiger partial charge < -0.3 is 15.2 Å². The van der Waals surface area contributed by atoms with Crippen molar-refractivity contribution < 1.29 is 19.4 Å². The number of ether oxygens (including phenoxy) is 1. The van der Waals surface area contributed by atoms with Gasteiger partial charge in [0.05, 0.1) is 6.54 Å². The van der Waals surface area contributed by atoms with Crippen molar-refractivity contribution in [1.82, 2.24) is 10.2 Å². The first-order valence-corrected chi connectivity index (χ1v) is 8.34. The first-order valence-electron chi connectivity index (χ1n) is 8.34. The molecule has 1 aliphatic rings. The smallest absolute Gasteiger partial charge is 0.325 e. The number of carbonyl (C=O) groups excluding carboxylic acids is 2. The lowest BCUT2D eigenvalue weighted by Crippen LogP contribution is -2.46. The Labute approximate surface area is 142 Å². The Hall–Kier alpha value is -2.08. The minimum atomic E-state index is -0.940. The SMILES string of the molecule is CCC1(CC)NC(=O)N(C[C@H](O)COc2cc(C)cc(C)c2)C1=O. The summed E-state index contributed by atoms with van der Waals surface area (Å²) in [5.41, 5.74) is 1.30. The number of hydrogen-bond donors (Lipinski definition) is 2. The summed E-state index contributed by atoms with van der Waals surface area (Å²) >= 11 is 0. The van der Waals surface area contributed by atoms with Gasteiger partial charge in [-0.2, -0.15) is 0 Å². The summed E-state index contributed by atoms with van der Waals surface area (Å²) < 4.78 is 5.60. The van der Waals surface area contributed by atoms with Crippen LogP contribution in [0.2, 0.25) is 0 Å². The van der Waals surface area contributed by atoms with Crippen molar-refractivity contribution >= 4 is 11.9 Å². The van der Waals surface area contributed by atoms with E-state index in [1.807, 2.05) is 45.9 Å². The number of aliphatic hydroxyl groups is 1. The number of amides is 3. The molecule has 1 aromatic rings. The van der Waals surface area contributed by atoms with Crippen molar-refractivity contribution in [1.29, 1.82) is 0 Å². The van der Waals surface area contributed by atoms with Crippen LogP contribution >= 0.6 is 0 Å². The molecule has 132 valence electrons. The predicted octanol–water partition coefficient (Wildman–Crippen LogP) is 2.15. The number of β-amino-alcohol motifs (C(OH)–C–C–N with tert-alkyl or cyclic N) is 1. The summed E-state index contributed by atoms with van der Waals surface area (Å²) in [7, 11) is 0. The van der Waals surface area contributed by atoms with Crippen LogP contribution in [0.5, 0.6) is 5.75 Å². The van der Waals surface area contributed by atoms with E-state index >= 15 is 0 Å². The highest BCUT2D eigenvalue weighted by Crippen LogP contribution is 2.25. The fourth-order valence-corrected chi connectivity index (χ4v) is 3.04. The van der Waals surface area contributed by atoms with E-state index in [0.717, 1.165) is 16.0 Å². The van der Waals surface area contributed by atoms with Gasteiger partial charge in [-0.25, -0.2) is 4.79 Å². The van der Waals surface area contributed by atoms with Crippen LogP contribution in [-0.4, -0.2) is 46.7 Å². The third-order valence-corrected chi connectivity index (χ3v) is 4.48. The first kappa shape index (κ1) is 18.3. The van der Waals surface area contributed by atoms with Crippen molar-refractivity contribution in [2.24, 2.45) is 0 Å². The Morgan fingerprint density at radius 2 is 1.75 bits per heavy atom. The lowest BCUT2D eigenvalue weighted by Gasteiger charge is -2.24. The van der Waals surface area contributed by atoms with Gasteiger partial charge in [0.1, 0.15) is 24.0 Å². The molecule has 0 aliphatic carbocycles. The van der Waals surface area contributed by atoms with Crippen molar-refractivity contribution in [2.45, 2.75) is 52.2 Å². The second kappa shape index (κ2) is 7.21. The number of nitrogens with zero attached hydrogens (tertiary/aromatic N) is 1. The monoisotopic (exact) mass is 334 g/mol. The molecule has 0 spiro atoms. The van der Waals surface area contributed by atoms with Gasteiger partial charge in [0.15, 0.2) is 0 Å². The van der Waals surface area contributed by atoms with Crippen LogP contribution in [0, 0.1) is 13.8 Å². The molecule has 0 bridgehead atoms. The molecule has 0 saturated carbocycles. The molecule has 1 fully saturated rings. The van der Waals surface area contributed by atoms with E-state index in [4.69, 9.17) is 4.74 Å². The molecular formula is C18H26N2O4. The largest absolute Gasteiger partial charge is 0.491 e. The molecule has 1 aliphatic heterocycles. The van der Waals surface area contributed by atoms with Crippen molar-refractivity contribution in [3.63, 3.8) is 0 Å². The van der Waals surface area contributed by atoms with E-state index in [9.17, 15) is 14.7 Å². The van der Waals surface area contributed by atoms with E-state index in [0.29, 0.717) is 18.6 Å². The molecule has 24 heavy (non-hydrogen) atoms. The van der Waals surface area contributed by atoms with Crippen molar-refractivity contribution in [2.75, 3.05) is 13.2 Å². The topological polar surface area (TPSA) is 78.9 Å². The molecule has 3 amide bonds. The number of hydrogen-bond acceptors (Lipinski definition) is 4. The van der Waals surface area contributed by atoms with Gasteiger partial charge >= 0.3 is 6.03 Å². The van der Waals surface area contributed by atoms with Gasteiger partial charge in [-0.15, -0.1) is 0 Å². The molecule has 2 rings (SSSR count). The standard InChI is InChI=1S/C18H26N2O4/c1-5-18(6-2)16(22)20(17(23)19-18)10-14(21)11-24-15-8-12(3)7-13(4)9-15/h7-9,14,21H,5-6,10-11H2,1-4H3,(H,19,23)/t14-/m0/s1. The second-order valence-corrected chi connectivity index (χ2v) is 6.42. The molecular weight excluding hydrogens is 308 g/mol. The average Bonchev–Trinajstić information content (AvgIpc) is 2.77. The highest BCUT2D eigenvalue weighted by atomic mass is 16.5. The Morgan fingerprint density at radius 1 is 1.17 bits per heavy atom. The maximum absolute atomic E-state index is 12.5. The van der Waals surface area contributed by atoms with Crippen molar-refractivity contribution in [3.05, 3.63) is 29.3 Å². The van der Waals surface area contributed by atoms with Crippen LogP contribution in [0.3, 0.4) is 0 Å². The van der Waals surface area contributed by atoms with Crippen LogP contribution < -0.4 is 10.1 Å². The lowest BCUT2D eigenvalue weighted by atomic mass is 9.93.